The number of aliphatic hydroxyl groups excluding tert-OH is 1. The van der Waals surface area contributed by atoms with E-state index in [0.717, 1.165) is 44.4 Å². The van der Waals surface area contributed by atoms with Crippen LogP contribution in [0.2, 0.25) is 0 Å². The summed E-state index contributed by atoms with van der Waals surface area (Å²) >= 11 is 0. The van der Waals surface area contributed by atoms with E-state index in [1.165, 1.54) is 19.3 Å². The summed E-state index contributed by atoms with van der Waals surface area (Å²) in [6, 6.07) is 0. The molecular formula is C21H32O3. The van der Waals surface area contributed by atoms with Gasteiger partial charge in [0.05, 0.1) is 6.10 Å². The Kier molecular flexibility index (Phi) is 11.0. The quantitative estimate of drug-likeness (QED) is 0.309. The molecule has 134 valence electrons. The van der Waals surface area contributed by atoms with Crippen LogP contribution in [0.3, 0.4) is 0 Å². The van der Waals surface area contributed by atoms with E-state index in [-0.39, 0.29) is 12.5 Å². The Balaban J connectivity index is 2.04. The molecule has 3 nitrogen and oxygen atoms in total. The highest BCUT2D eigenvalue weighted by Gasteiger charge is 2.34. The van der Waals surface area contributed by atoms with Crippen molar-refractivity contribution in [2.24, 2.45) is 11.8 Å². The lowest BCUT2D eigenvalue weighted by molar-refractivity contribution is -0.137. The smallest absolute Gasteiger partial charge is 0.303 e. The van der Waals surface area contributed by atoms with Crippen LogP contribution in [0.5, 0.6) is 0 Å². The second kappa shape index (κ2) is 12.8. The van der Waals surface area contributed by atoms with Crippen molar-refractivity contribution in [2.75, 3.05) is 0 Å². The highest BCUT2D eigenvalue weighted by atomic mass is 16.4. The monoisotopic (exact) mass is 332 g/mol. The topological polar surface area (TPSA) is 57.5 Å². The first kappa shape index (κ1) is 20.5. The van der Waals surface area contributed by atoms with Gasteiger partial charge < -0.3 is 10.2 Å². The predicted octanol–water partition coefficient (Wildman–Crippen LogP) is 4.71. The molecule has 3 heteroatoms. The van der Waals surface area contributed by atoms with E-state index in [1.807, 2.05) is 0 Å². The molecule has 1 saturated carbocycles. The van der Waals surface area contributed by atoms with Gasteiger partial charge in [-0.05, 0) is 56.1 Å². The molecule has 0 aromatic rings. The minimum Gasteiger partial charge on any atom is -0.481 e. The van der Waals surface area contributed by atoms with Crippen molar-refractivity contribution < 1.29 is 15.0 Å². The van der Waals surface area contributed by atoms with Gasteiger partial charge in [-0.15, -0.1) is 0 Å². The van der Waals surface area contributed by atoms with Gasteiger partial charge in [0.2, 0.25) is 0 Å². The van der Waals surface area contributed by atoms with Gasteiger partial charge >= 0.3 is 5.97 Å². The van der Waals surface area contributed by atoms with Gasteiger partial charge in [0.15, 0.2) is 0 Å². The Morgan fingerprint density at radius 1 is 1.25 bits per heavy atom. The molecule has 0 aliphatic heterocycles. The Labute approximate surface area is 146 Å². The van der Waals surface area contributed by atoms with E-state index in [9.17, 15) is 9.90 Å². The first-order valence-electron chi connectivity index (χ1n) is 9.33. The van der Waals surface area contributed by atoms with Crippen molar-refractivity contribution in [3.63, 3.8) is 0 Å². The zero-order chi connectivity index (χ0) is 17.6. The molecule has 0 unspecified atom stereocenters. The molecule has 0 amide bonds. The molecule has 24 heavy (non-hydrogen) atoms. The maximum absolute atomic E-state index is 10.4. The minimum absolute atomic E-state index is 0.257. The molecule has 1 aliphatic rings. The lowest BCUT2D eigenvalue weighted by Gasteiger charge is -2.02. The van der Waals surface area contributed by atoms with Crippen LogP contribution in [0.1, 0.15) is 71.1 Å². The van der Waals surface area contributed by atoms with E-state index >= 15 is 0 Å². The molecule has 0 aromatic carbocycles. The second-order valence-electron chi connectivity index (χ2n) is 6.70. The Morgan fingerprint density at radius 2 is 2.08 bits per heavy atom. The van der Waals surface area contributed by atoms with E-state index in [1.54, 1.807) is 12.2 Å². The lowest BCUT2D eigenvalue weighted by atomic mass is 10.1. The number of carboxylic acids is 1. The molecule has 0 saturated heterocycles. The van der Waals surface area contributed by atoms with Crippen LogP contribution in [0.4, 0.5) is 0 Å². The molecule has 1 rings (SSSR count). The molecule has 0 heterocycles. The van der Waals surface area contributed by atoms with Crippen LogP contribution >= 0.6 is 0 Å². The summed E-state index contributed by atoms with van der Waals surface area (Å²) in [6.07, 6.45) is 16.9. The van der Waals surface area contributed by atoms with Crippen molar-refractivity contribution in [3.8, 4) is 11.8 Å². The summed E-state index contributed by atoms with van der Waals surface area (Å²) in [6.45, 7) is 2.16. The zero-order valence-corrected chi connectivity index (χ0v) is 14.9. The second-order valence-corrected chi connectivity index (χ2v) is 6.70. The molecule has 0 spiro atoms. The molecule has 3 atom stereocenters. The van der Waals surface area contributed by atoms with E-state index in [0.29, 0.717) is 5.92 Å². The molecule has 1 fully saturated rings. The largest absolute Gasteiger partial charge is 0.481 e. The third kappa shape index (κ3) is 11.1. The number of carbonyl (C=O) groups is 1. The molecule has 0 radical (unpaired) electrons. The fourth-order valence-electron chi connectivity index (χ4n) is 2.72. The van der Waals surface area contributed by atoms with Crippen molar-refractivity contribution in [2.45, 2.75) is 77.2 Å². The summed E-state index contributed by atoms with van der Waals surface area (Å²) in [7, 11) is 0. The van der Waals surface area contributed by atoms with Crippen LogP contribution < -0.4 is 0 Å². The number of carboxylic acid groups (broad SMARTS) is 1. The SMILES string of the molecule is CCCCC[C@@H](O)/C=C/C#CC[C@H]1C[C@H]1C/C=C\CCCC(=O)O. The maximum Gasteiger partial charge on any atom is 0.303 e. The van der Waals surface area contributed by atoms with Crippen molar-refractivity contribution in [1.82, 2.24) is 0 Å². The van der Waals surface area contributed by atoms with Gasteiger partial charge in [0.1, 0.15) is 0 Å². The Morgan fingerprint density at radius 3 is 2.83 bits per heavy atom. The maximum atomic E-state index is 10.4. The predicted molar refractivity (Wildman–Crippen MR) is 98.5 cm³/mol. The standard InChI is InChI=1S/C21H32O3/c1-2-3-7-14-20(22)15-10-6-9-13-19-17-18(19)12-8-4-5-11-16-21(23)24/h4,8,10,15,18-20,22H,2-3,5,7,11-14,16-17H2,1H3,(H,23,24)/b8-4-,15-10+/t18-,19+,20-/m1/s1. The van der Waals surface area contributed by atoms with Crippen LogP contribution in [0.25, 0.3) is 0 Å². The minimum atomic E-state index is -0.716. The first-order valence-corrected chi connectivity index (χ1v) is 9.33. The van der Waals surface area contributed by atoms with Gasteiger partial charge in [0.25, 0.3) is 0 Å². The number of allylic oxidation sites excluding steroid dienone is 3. The van der Waals surface area contributed by atoms with E-state index in [2.05, 4.69) is 30.9 Å². The van der Waals surface area contributed by atoms with Crippen LogP contribution in [-0.4, -0.2) is 22.3 Å². The average molecular weight is 332 g/mol. The van der Waals surface area contributed by atoms with Gasteiger partial charge in [-0.3, -0.25) is 4.79 Å². The Bertz CT molecular complexity index is 467. The summed E-state index contributed by atoms with van der Waals surface area (Å²) < 4.78 is 0. The fraction of sp³-hybridized carbons (Fsp3) is 0.667. The zero-order valence-electron chi connectivity index (χ0n) is 14.9. The number of aliphatic carboxylic acids is 1. The number of hydrogen-bond acceptors (Lipinski definition) is 2. The van der Waals surface area contributed by atoms with Crippen LogP contribution in [0, 0.1) is 23.7 Å². The van der Waals surface area contributed by atoms with Crippen molar-refractivity contribution in [1.29, 1.82) is 0 Å². The number of aliphatic hydroxyl groups is 1. The molecule has 0 aromatic heterocycles. The van der Waals surface area contributed by atoms with Crippen molar-refractivity contribution >= 4 is 5.97 Å². The van der Waals surface area contributed by atoms with Crippen LogP contribution in [0.15, 0.2) is 24.3 Å². The number of rotatable bonds is 12. The highest BCUT2D eigenvalue weighted by Crippen LogP contribution is 2.43. The highest BCUT2D eigenvalue weighted by molar-refractivity contribution is 5.66. The Hall–Kier alpha value is -1.53. The van der Waals surface area contributed by atoms with Crippen LogP contribution in [-0.2, 0) is 4.79 Å². The lowest BCUT2D eigenvalue weighted by Crippen LogP contribution is -2.00. The summed E-state index contributed by atoms with van der Waals surface area (Å²) in [5.74, 6) is 6.96. The van der Waals surface area contributed by atoms with Gasteiger partial charge in [-0.2, -0.15) is 0 Å². The molecule has 2 N–H and O–H groups in total. The first-order chi connectivity index (χ1) is 11.6. The fourth-order valence-corrected chi connectivity index (χ4v) is 2.72. The number of hydrogen-bond donors (Lipinski definition) is 2. The third-order valence-corrected chi connectivity index (χ3v) is 4.41. The molecule has 0 bridgehead atoms. The summed E-state index contributed by atoms with van der Waals surface area (Å²) in [4.78, 5) is 10.4. The van der Waals surface area contributed by atoms with Gasteiger partial charge in [0, 0.05) is 12.8 Å². The third-order valence-electron chi connectivity index (χ3n) is 4.41. The number of unbranched alkanes of at least 4 members (excludes halogenated alkanes) is 3. The van der Waals surface area contributed by atoms with E-state index < -0.39 is 5.97 Å². The summed E-state index contributed by atoms with van der Waals surface area (Å²) in [5, 5.41) is 18.3. The van der Waals surface area contributed by atoms with Gasteiger partial charge in [-0.1, -0.05) is 50.2 Å². The molecular weight excluding hydrogens is 300 g/mol. The molecule has 1 aliphatic carbocycles. The van der Waals surface area contributed by atoms with E-state index in [4.69, 9.17) is 5.11 Å². The van der Waals surface area contributed by atoms with Crippen molar-refractivity contribution in [3.05, 3.63) is 24.3 Å². The summed E-state index contributed by atoms with van der Waals surface area (Å²) in [5.41, 5.74) is 0. The normalized spacial score (nSPS) is 20.9. The van der Waals surface area contributed by atoms with Gasteiger partial charge in [-0.25, -0.2) is 0 Å². The average Bonchev–Trinajstić information content (AvgIpc) is 3.29.